The van der Waals surface area contributed by atoms with Crippen molar-refractivity contribution in [2.24, 2.45) is 4.99 Å². The molecule has 1 aliphatic rings. The first-order chi connectivity index (χ1) is 10.8. The molecular formula is C19H21NOS. The monoisotopic (exact) mass is 311 g/mol. The Morgan fingerprint density at radius 1 is 1.23 bits per heavy atom. The highest BCUT2D eigenvalue weighted by Gasteiger charge is 2.13. The number of aryl methyl sites for hydroxylation is 1. The molecule has 0 unspecified atom stereocenters. The third-order valence-electron chi connectivity index (χ3n) is 3.66. The molecule has 0 saturated carbocycles. The Balaban J connectivity index is 1.80. The summed E-state index contributed by atoms with van der Waals surface area (Å²) in [6, 6.07) is 10.7. The van der Waals surface area contributed by atoms with Crippen LogP contribution in [0.5, 0.6) is 5.75 Å². The van der Waals surface area contributed by atoms with E-state index in [9.17, 15) is 0 Å². The molecule has 2 nitrogen and oxygen atoms in total. The summed E-state index contributed by atoms with van der Waals surface area (Å²) in [5, 5.41) is 0. The van der Waals surface area contributed by atoms with Gasteiger partial charge in [-0.3, -0.25) is 4.99 Å². The molecule has 2 heterocycles. The van der Waals surface area contributed by atoms with Crippen molar-refractivity contribution in [2.75, 3.05) is 13.2 Å². The number of aliphatic imine (C=N–C) groups is 1. The molecule has 0 saturated heterocycles. The minimum atomic E-state index is 0.775. The lowest BCUT2D eigenvalue weighted by molar-refractivity contribution is 0.317. The zero-order valence-corrected chi connectivity index (χ0v) is 14.0. The second kappa shape index (κ2) is 6.93. The van der Waals surface area contributed by atoms with Crippen LogP contribution in [0.25, 0.3) is 6.08 Å². The molecule has 0 fully saturated rings. The number of ether oxygens (including phenoxy) is 1. The minimum Gasteiger partial charge on any atom is -0.494 e. The molecular weight excluding hydrogens is 290 g/mol. The van der Waals surface area contributed by atoms with E-state index in [1.54, 1.807) is 0 Å². The van der Waals surface area contributed by atoms with E-state index in [0.29, 0.717) is 0 Å². The van der Waals surface area contributed by atoms with Crippen molar-refractivity contribution < 1.29 is 4.74 Å². The van der Waals surface area contributed by atoms with Gasteiger partial charge in [-0.25, -0.2) is 0 Å². The molecule has 0 radical (unpaired) electrons. The highest BCUT2D eigenvalue weighted by molar-refractivity contribution is 7.12. The van der Waals surface area contributed by atoms with Crippen LogP contribution in [0, 0.1) is 6.92 Å². The first-order valence-electron chi connectivity index (χ1n) is 7.81. The average molecular weight is 311 g/mol. The predicted octanol–water partition coefficient (Wildman–Crippen LogP) is 4.90. The van der Waals surface area contributed by atoms with Gasteiger partial charge in [-0.15, -0.1) is 11.3 Å². The van der Waals surface area contributed by atoms with E-state index in [-0.39, 0.29) is 0 Å². The topological polar surface area (TPSA) is 21.6 Å². The van der Waals surface area contributed by atoms with E-state index in [1.807, 2.05) is 11.3 Å². The van der Waals surface area contributed by atoms with Crippen LogP contribution in [0.3, 0.4) is 0 Å². The second-order valence-corrected chi connectivity index (χ2v) is 6.79. The molecule has 0 spiro atoms. The zero-order chi connectivity index (χ0) is 15.4. The van der Waals surface area contributed by atoms with Crippen LogP contribution in [-0.4, -0.2) is 18.9 Å². The van der Waals surface area contributed by atoms with Crippen molar-refractivity contribution in [3.63, 3.8) is 0 Å². The zero-order valence-electron chi connectivity index (χ0n) is 13.1. The Morgan fingerprint density at radius 3 is 2.91 bits per heavy atom. The van der Waals surface area contributed by atoms with Crippen molar-refractivity contribution >= 4 is 23.1 Å². The lowest BCUT2D eigenvalue weighted by atomic mass is 9.97. The first-order valence-corrected chi connectivity index (χ1v) is 8.63. The predicted molar refractivity (Wildman–Crippen MR) is 95.4 cm³/mol. The van der Waals surface area contributed by atoms with E-state index in [1.165, 1.54) is 20.9 Å². The molecule has 0 aliphatic carbocycles. The van der Waals surface area contributed by atoms with E-state index in [0.717, 1.165) is 37.5 Å². The number of thiophene rings is 1. The Bertz CT molecular complexity index is 712. The number of benzene rings is 1. The highest BCUT2D eigenvalue weighted by atomic mass is 32.1. The smallest absolute Gasteiger partial charge is 0.119 e. The first kappa shape index (κ1) is 15.0. The highest BCUT2D eigenvalue weighted by Crippen LogP contribution is 2.24. The lowest BCUT2D eigenvalue weighted by Gasteiger charge is -2.16. The number of nitrogens with zero attached hydrogens (tertiary/aromatic N) is 1. The van der Waals surface area contributed by atoms with Gasteiger partial charge in [0, 0.05) is 21.9 Å². The lowest BCUT2D eigenvalue weighted by Crippen LogP contribution is -2.11. The molecule has 1 aliphatic heterocycles. The van der Waals surface area contributed by atoms with Gasteiger partial charge in [0.1, 0.15) is 5.75 Å². The molecule has 2 aromatic rings. The molecule has 3 rings (SSSR count). The maximum Gasteiger partial charge on any atom is 0.119 e. The van der Waals surface area contributed by atoms with Crippen molar-refractivity contribution in [1.29, 1.82) is 0 Å². The number of hydrogen-bond donors (Lipinski definition) is 0. The SMILES string of the molecule is CCCOc1ccc2c(c1)CCN=C2/C=C/c1ccc(C)s1. The molecule has 3 heteroatoms. The molecule has 0 atom stereocenters. The summed E-state index contributed by atoms with van der Waals surface area (Å²) in [5.41, 5.74) is 3.65. The van der Waals surface area contributed by atoms with Crippen LogP contribution >= 0.6 is 11.3 Å². The maximum absolute atomic E-state index is 5.73. The van der Waals surface area contributed by atoms with Crippen LogP contribution in [0.2, 0.25) is 0 Å². The number of rotatable bonds is 5. The Hall–Kier alpha value is -1.87. The Morgan fingerprint density at radius 2 is 2.14 bits per heavy atom. The average Bonchev–Trinajstić information content (AvgIpc) is 2.96. The quantitative estimate of drug-likeness (QED) is 0.769. The molecule has 22 heavy (non-hydrogen) atoms. The van der Waals surface area contributed by atoms with Gasteiger partial charge in [0.05, 0.1) is 12.3 Å². The minimum absolute atomic E-state index is 0.775. The fraction of sp³-hybridized carbons (Fsp3) is 0.316. The van der Waals surface area contributed by atoms with Gasteiger partial charge in [0.2, 0.25) is 0 Å². The van der Waals surface area contributed by atoms with Gasteiger partial charge in [-0.05, 0) is 67.8 Å². The van der Waals surface area contributed by atoms with Crippen molar-refractivity contribution in [2.45, 2.75) is 26.7 Å². The van der Waals surface area contributed by atoms with Crippen LogP contribution in [-0.2, 0) is 6.42 Å². The number of allylic oxidation sites excluding steroid dienone is 1. The van der Waals surface area contributed by atoms with Crippen molar-refractivity contribution in [3.05, 3.63) is 57.3 Å². The van der Waals surface area contributed by atoms with Gasteiger partial charge in [-0.2, -0.15) is 0 Å². The summed E-state index contributed by atoms with van der Waals surface area (Å²) in [7, 11) is 0. The molecule has 0 bridgehead atoms. The van der Waals surface area contributed by atoms with Gasteiger partial charge in [0.25, 0.3) is 0 Å². The van der Waals surface area contributed by atoms with Crippen LogP contribution < -0.4 is 4.74 Å². The van der Waals surface area contributed by atoms with Crippen LogP contribution in [0.4, 0.5) is 0 Å². The molecule has 0 N–H and O–H groups in total. The summed E-state index contributed by atoms with van der Waals surface area (Å²) < 4.78 is 5.73. The van der Waals surface area contributed by atoms with E-state index in [4.69, 9.17) is 4.74 Å². The largest absolute Gasteiger partial charge is 0.494 e. The van der Waals surface area contributed by atoms with E-state index < -0.39 is 0 Å². The summed E-state index contributed by atoms with van der Waals surface area (Å²) in [6.45, 7) is 5.89. The Kier molecular flexibility index (Phi) is 4.74. The van der Waals surface area contributed by atoms with Crippen LogP contribution in [0.15, 0.2) is 41.4 Å². The van der Waals surface area contributed by atoms with E-state index >= 15 is 0 Å². The normalized spacial score (nSPS) is 14.0. The van der Waals surface area contributed by atoms with Gasteiger partial charge >= 0.3 is 0 Å². The van der Waals surface area contributed by atoms with Gasteiger partial charge < -0.3 is 4.74 Å². The fourth-order valence-corrected chi connectivity index (χ4v) is 3.35. The van der Waals surface area contributed by atoms with E-state index in [2.05, 4.69) is 61.3 Å². The third kappa shape index (κ3) is 3.47. The standard InChI is InChI=1S/C19H21NOS/c1-3-12-21-16-5-8-18-15(13-16)10-11-20-19(18)9-7-17-6-4-14(2)22-17/h4-9,13H,3,10-12H2,1-2H3/b9-7+. The number of hydrogen-bond acceptors (Lipinski definition) is 3. The van der Waals surface area contributed by atoms with Gasteiger partial charge in [-0.1, -0.05) is 6.92 Å². The fourth-order valence-electron chi connectivity index (χ4n) is 2.57. The van der Waals surface area contributed by atoms with Gasteiger partial charge in [0.15, 0.2) is 0 Å². The summed E-state index contributed by atoms with van der Waals surface area (Å²) in [6.07, 6.45) is 6.32. The van der Waals surface area contributed by atoms with Crippen molar-refractivity contribution in [1.82, 2.24) is 0 Å². The second-order valence-electron chi connectivity index (χ2n) is 5.47. The maximum atomic E-state index is 5.73. The summed E-state index contributed by atoms with van der Waals surface area (Å²) in [5.74, 6) is 0.972. The third-order valence-corrected chi connectivity index (χ3v) is 4.62. The summed E-state index contributed by atoms with van der Waals surface area (Å²) >= 11 is 1.81. The van der Waals surface area contributed by atoms with Crippen molar-refractivity contribution in [3.8, 4) is 5.75 Å². The molecule has 1 aromatic carbocycles. The Labute approximate surface area is 136 Å². The van der Waals surface area contributed by atoms with Crippen LogP contribution in [0.1, 0.15) is 34.2 Å². The molecule has 0 amide bonds. The number of fused-ring (bicyclic) bond motifs is 1. The molecule has 1 aromatic heterocycles. The summed E-state index contributed by atoms with van der Waals surface area (Å²) in [4.78, 5) is 7.29. The molecule has 114 valence electrons.